The summed E-state index contributed by atoms with van der Waals surface area (Å²) in [6.45, 7) is 1.77. The molecule has 0 aliphatic heterocycles. The van der Waals surface area contributed by atoms with Crippen LogP contribution < -0.4 is 10.6 Å². The van der Waals surface area contributed by atoms with Gasteiger partial charge in [0.1, 0.15) is 11.9 Å². The number of anilines is 2. The third-order valence-corrected chi connectivity index (χ3v) is 2.97. The summed E-state index contributed by atoms with van der Waals surface area (Å²) in [5.74, 6) is -0.871. The SMILES string of the molecule is Cc1cccc(NCC(=O)Nc2ccccc2F)c1C#N. The summed E-state index contributed by atoms with van der Waals surface area (Å²) < 4.78 is 13.4. The fourth-order valence-electron chi connectivity index (χ4n) is 1.90. The molecule has 5 heteroatoms. The summed E-state index contributed by atoms with van der Waals surface area (Å²) >= 11 is 0. The Labute approximate surface area is 122 Å². The Hall–Kier alpha value is -2.87. The van der Waals surface area contributed by atoms with Crippen LogP contribution in [0.15, 0.2) is 42.5 Å². The predicted octanol–water partition coefficient (Wildman–Crippen LogP) is 3.06. The van der Waals surface area contributed by atoms with E-state index < -0.39 is 5.82 Å². The quantitative estimate of drug-likeness (QED) is 0.906. The lowest BCUT2D eigenvalue weighted by molar-refractivity contribution is -0.114. The Kier molecular flexibility index (Phi) is 4.52. The molecule has 0 radical (unpaired) electrons. The second kappa shape index (κ2) is 6.53. The Bertz CT molecular complexity index is 707. The molecule has 0 aliphatic carbocycles. The van der Waals surface area contributed by atoms with Gasteiger partial charge in [0.25, 0.3) is 0 Å². The molecule has 0 saturated heterocycles. The maximum Gasteiger partial charge on any atom is 0.243 e. The van der Waals surface area contributed by atoms with Gasteiger partial charge in [-0.3, -0.25) is 4.79 Å². The minimum Gasteiger partial charge on any atom is -0.375 e. The Morgan fingerprint density at radius 3 is 2.62 bits per heavy atom. The first-order valence-electron chi connectivity index (χ1n) is 6.40. The van der Waals surface area contributed by atoms with E-state index in [4.69, 9.17) is 5.26 Å². The smallest absolute Gasteiger partial charge is 0.243 e. The molecule has 21 heavy (non-hydrogen) atoms. The molecule has 2 aromatic carbocycles. The van der Waals surface area contributed by atoms with Gasteiger partial charge in [0, 0.05) is 0 Å². The number of nitrogens with one attached hydrogen (secondary N) is 2. The predicted molar refractivity (Wildman–Crippen MR) is 79.4 cm³/mol. The number of carbonyl (C=O) groups excluding carboxylic acids is 1. The van der Waals surface area contributed by atoms with Gasteiger partial charge >= 0.3 is 0 Å². The van der Waals surface area contributed by atoms with E-state index in [1.54, 1.807) is 24.3 Å². The van der Waals surface area contributed by atoms with Crippen molar-refractivity contribution in [2.24, 2.45) is 0 Å². The van der Waals surface area contributed by atoms with E-state index in [1.165, 1.54) is 12.1 Å². The summed E-state index contributed by atoms with van der Waals surface area (Å²) in [5, 5.41) is 14.5. The van der Waals surface area contributed by atoms with Gasteiger partial charge in [-0.05, 0) is 30.7 Å². The number of amides is 1. The van der Waals surface area contributed by atoms with Gasteiger partial charge < -0.3 is 10.6 Å². The Morgan fingerprint density at radius 2 is 1.90 bits per heavy atom. The van der Waals surface area contributed by atoms with E-state index in [0.717, 1.165) is 5.56 Å². The van der Waals surface area contributed by atoms with E-state index in [0.29, 0.717) is 11.3 Å². The van der Waals surface area contributed by atoms with Gasteiger partial charge in [-0.2, -0.15) is 5.26 Å². The average Bonchev–Trinajstić information content (AvgIpc) is 2.47. The van der Waals surface area contributed by atoms with Crippen LogP contribution in [0, 0.1) is 24.1 Å². The third kappa shape index (κ3) is 3.57. The maximum atomic E-state index is 13.4. The first-order valence-corrected chi connectivity index (χ1v) is 6.40. The van der Waals surface area contributed by atoms with Crippen LogP contribution in [0.1, 0.15) is 11.1 Å². The molecule has 0 unspecified atom stereocenters. The molecular weight excluding hydrogens is 269 g/mol. The number of nitrogens with zero attached hydrogens (tertiary/aromatic N) is 1. The number of nitriles is 1. The molecule has 0 heterocycles. The molecule has 0 aliphatic rings. The minimum absolute atomic E-state index is 0.0491. The van der Waals surface area contributed by atoms with Crippen molar-refractivity contribution in [1.82, 2.24) is 0 Å². The van der Waals surface area contributed by atoms with E-state index in [2.05, 4.69) is 16.7 Å². The second-order valence-electron chi connectivity index (χ2n) is 4.49. The summed E-state index contributed by atoms with van der Waals surface area (Å²) in [6, 6.07) is 13.4. The molecule has 0 fully saturated rings. The van der Waals surface area contributed by atoms with E-state index in [1.807, 2.05) is 13.0 Å². The molecule has 4 nitrogen and oxygen atoms in total. The van der Waals surface area contributed by atoms with Gasteiger partial charge in [-0.25, -0.2) is 4.39 Å². The molecule has 0 bridgehead atoms. The number of benzene rings is 2. The number of carbonyl (C=O) groups is 1. The van der Waals surface area contributed by atoms with Crippen molar-refractivity contribution in [3.8, 4) is 6.07 Å². The van der Waals surface area contributed by atoms with Crippen LogP contribution in [-0.2, 0) is 4.79 Å². The van der Waals surface area contributed by atoms with Gasteiger partial charge in [0.05, 0.1) is 23.5 Å². The van der Waals surface area contributed by atoms with Crippen LogP contribution in [0.2, 0.25) is 0 Å². The van der Waals surface area contributed by atoms with Crippen LogP contribution in [0.5, 0.6) is 0 Å². The zero-order valence-electron chi connectivity index (χ0n) is 11.5. The molecule has 0 saturated carbocycles. The first kappa shape index (κ1) is 14.5. The highest BCUT2D eigenvalue weighted by Crippen LogP contribution is 2.18. The van der Waals surface area contributed by atoms with Crippen molar-refractivity contribution < 1.29 is 9.18 Å². The second-order valence-corrected chi connectivity index (χ2v) is 4.49. The standard InChI is InChI=1S/C16H14FN3O/c1-11-5-4-8-14(12(11)9-18)19-10-16(21)20-15-7-3-2-6-13(15)17/h2-8,19H,10H2,1H3,(H,20,21). The monoisotopic (exact) mass is 283 g/mol. The van der Waals surface area contributed by atoms with E-state index >= 15 is 0 Å². The summed E-state index contributed by atoms with van der Waals surface area (Å²) in [4.78, 5) is 11.8. The molecular formula is C16H14FN3O. The van der Waals surface area contributed by atoms with Gasteiger partial charge in [0.15, 0.2) is 0 Å². The lowest BCUT2D eigenvalue weighted by atomic mass is 10.1. The lowest BCUT2D eigenvalue weighted by Gasteiger charge is -2.10. The average molecular weight is 283 g/mol. The molecule has 2 aromatic rings. The fourth-order valence-corrected chi connectivity index (χ4v) is 1.90. The fraction of sp³-hybridized carbons (Fsp3) is 0.125. The number of halogens is 1. The van der Waals surface area contributed by atoms with Crippen molar-refractivity contribution in [2.45, 2.75) is 6.92 Å². The van der Waals surface area contributed by atoms with Gasteiger partial charge in [-0.1, -0.05) is 24.3 Å². The van der Waals surface area contributed by atoms with Crippen LogP contribution in [-0.4, -0.2) is 12.5 Å². The molecule has 106 valence electrons. The zero-order chi connectivity index (χ0) is 15.2. The maximum absolute atomic E-state index is 13.4. The molecule has 0 aromatic heterocycles. The van der Waals surface area contributed by atoms with E-state index in [-0.39, 0.29) is 18.1 Å². The van der Waals surface area contributed by atoms with Crippen LogP contribution in [0.25, 0.3) is 0 Å². The van der Waals surface area contributed by atoms with Crippen molar-refractivity contribution >= 4 is 17.3 Å². The highest BCUT2D eigenvalue weighted by molar-refractivity contribution is 5.94. The van der Waals surface area contributed by atoms with Crippen LogP contribution in [0.4, 0.5) is 15.8 Å². The number of hydrogen-bond donors (Lipinski definition) is 2. The largest absolute Gasteiger partial charge is 0.375 e. The highest BCUT2D eigenvalue weighted by Gasteiger charge is 2.08. The highest BCUT2D eigenvalue weighted by atomic mass is 19.1. The molecule has 2 N–H and O–H groups in total. The Morgan fingerprint density at radius 1 is 1.19 bits per heavy atom. The number of para-hydroxylation sites is 1. The van der Waals surface area contributed by atoms with E-state index in [9.17, 15) is 9.18 Å². The third-order valence-electron chi connectivity index (χ3n) is 2.97. The van der Waals surface area contributed by atoms with Crippen molar-refractivity contribution in [2.75, 3.05) is 17.2 Å². The zero-order valence-corrected chi connectivity index (χ0v) is 11.5. The molecule has 2 rings (SSSR count). The van der Waals surface area contributed by atoms with Crippen molar-refractivity contribution in [3.05, 3.63) is 59.4 Å². The van der Waals surface area contributed by atoms with Crippen molar-refractivity contribution in [1.29, 1.82) is 5.26 Å². The topological polar surface area (TPSA) is 64.9 Å². The van der Waals surface area contributed by atoms with Crippen molar-refractivity contribution in [3.63, 3.8) is 0 Å². The lowest BCUT2D eigenvalue weighted by Crippen LogP contribution is -2.22. The number of rotatable bonds is 4. The van der Waals surface area contributed by atoms with Gasteiger partial charge in [0.2, 0.25) is 5.91 Å². The molecule has 1 amide bonds. The molecule has 0 atom stereocenters. The molecule has 0 spiro atoms. The minimum atomic E-state index is -0.487. The van der Waals surface area contributed by atoms with Crippen LogP contribution >= 0.6 is 0 Å². The summed E-state index contributed by atoms with van der Waals surface area (Å²) in [6.07, 6.45) is 0. The summed E-state index contributed by atoms with van der Waals surface area (Å²) in [5.41, 5.74) is 2.04. The van der Waals surface area contributed by atoms with Crippen LogP contribution in [0.3, 0.4) is 0 Å². The normalized spacial score (nSPS) is 9.76. The number of hydrogen-bond acceptors (Lipinski definition) is 3. The summed E-state index contributed by atoms with van der Waals surface area (Å²) in [7, 11) is 0. The first-order chi connectivity index (χ1) is 10.1. The Balaban J connectivity index is 2.01. The number of aryl methyl sites for hydroxylation is 1. The van der Waals surface area contributed by atoms with Gasteiger partial charge in [-0.15, -0.1) is 0 Å².